The van der Waals surface area contributed by atoms with Crippen LogP contribution in [0.5, 0.6) is 11.5 Å². The van der Waals surface area contributed by atoms with Crippen LogP contribution in [0.3, 0.4) is 0 Å². The third-order valence-electron chi connectivity index (χ3n) is 5.88. The van der Waals surface area contributed by atoms with Crippen LogP contribution in [0.4, 0.5) is 5.69 Å². The van der Waals surface area contributed by atoms with Crippen LogP contribution in [-0.4, -0.2) is 27.5 Å². The predicted octanol–water partition coefficient (Wildman–Crippen LogP) is 5.11. The van der Waals surface area contributed by atoms with Crippen molar-refractivity contribution < 1.29 is 22.7 Å². The van der Waals surface area contributed by atoms with Crippen LogP contribution in [0, 0.1) is 6.92 Å². The van der Waals surface area contributed by atoms with Crippen LogP contribution >= 0.6 is 0 Å². The Labute approximate surface area is 223 Å². The van der Waals surface area contributed by atoms with Crippen molar-refractivity contribution in [3.05, 3.63) is 120 Å². The first kappa shape index (κ1) is 26.9. The van der Waals surface area contributed by atoms with Gasteiger partial charge in [0.1, 0.15) is 29.0 Å². The second kappa shape index (κ2) is 12.4. The molecule has 1 atom stereocenters. The second-order valence-corrected chi connectivity index (χ2v) is 10.5. The van der Waals surface area contributed by atoms with E-state index in [1.54, 1.807) is 43.3 Å². The Kier molecular flexibility index (Phi) is 8.78. The zero-order chi connectivity index (χ0) is 27.0. The molecule has 4 aromatic rings. The number of rotatable bonds is 11. The van der Waals surface area contributed by atoms with Crippen molar-refractivity contribution in [1.29, 1.82) is 0 Å². The summed E-state index contributed by atoms with van der Waals surface area (Å²) in [6.07, 6.45) is 0.165. The zero-order valence-corrected chi connectivity index (χ0v) is 22.1. The van der Waals surface area contributed by atoms with Crippen LogP contribution in [0.15, 0.2) is 108 Å². The number of ether oxygens (including phenoxy) is 2. The van der Waals surface area contributed by atoms with Crippen LogP contribution in [0.25, 0.3) is 0 Å². The molecule has 4 rings (SSSR count). The van der Waals surface area contributed by atoms with E-state index in [4.69, 9.17) is 9.47 Å². The number of benzene rings is 4. The third kappa shape index (κ3) is 7.21. The lowest BCUT2D eigenvalue weighted by Gasteiger charge is -2.20. The van der Waals surface area contributed by atoms with E-state index in [2.05, 4.69) is 10.0 Å². The monoisotopic (exact) mass is 530 g/mol. The second-order valence-electron chi connectivity index (χ2n) is 8.81. The molecule has 0 bridgehead atoms. The minimum atomic E-state index is -4.08. The molecule has 4 aromatic carbocycles. The summed E-state index contributed by atoms with van der Waals surface area (Å²) in [4.78, 5) is 13.3. The standard InChI is InChI=1S/C30H30N2O5S/c1-22-13-18-28(36-2)29(19-22)38(34,35)32-27(20-23-9-5-3-6-10-23)30(33)31-25-14-16-26(17-15-25)37-21-24-11-7-4-8-12-24/h3-19,27,32H,20-21H2,1-2H3,(H,31,33). The van der Waals surface area contributed by atoms with Crippen LogP contribution in [0.1, 0.15) is 16.7 Å². The predicted molar refractivity (Wildman–Crippen MR) is 148 cm³/mol. The van der Waals surface area contributed by atoms with Gasteiger partial charge in [0.15, 0.2) is 0 Å². The quantitative estimate of drug-likeness (QED) is 0.281. The molecule has 0 spiro atoms. The van der Waals surface area contributed by atoms with Gasteiger partial charge in [-0.1, -0.05) is 66.7 Å². The fraction of sp³-hybridized carbons (Fsp3) is 0.167. The van der Waals surface area contributed by atoms with Gasteiger partial charge in [-0.25, -0.2) is 8.42 Å². The Morgan fingerprint density at radius 1 is 0.842 bits per heavy atom. The number of methoxy groups -OCH3 is 1. The molecule has 0 heterocycles. The van der Waals surface area contributed by atoms with Crippen molar-refractivity contribution in [1.82, 2.24) is 4.72 Å². The molecule has 0 aromatic heterocycles. The smallest absolute Gasteiger partial charge is 0.245 e. The average Bonchev–Trinajstić information content (AvgIpc) is 2.93. The molecule has 8 heteroatoms. The molecule has 7 nitrogen and oxygen atoms in total. The number of carbonyl (C=O) groups is 1. The van der Waals surface area contributed by atoms with E-state index >= 15 is 0 Å². The molecular formula is C30H30N2O5S. The highest BCUT2D eigenvalue weighted by Gasteiger charge is 2.28. The van der Waals surface area contributed by atoms with Gasteiger partial charge in [-0.15, -0.1) is 0 Å². The van der Waals surface area contributed by atoms with Gasteiger partial charge in [-0.2, -0.15) is 4.72 Å². The number of hydrogen-bond acceptors (Lipinski definition) is 5. The molecule has 0 aliphatic carbocycles. The highest BCUT2D eigenvalue weighted by molar-refractivity contribution is 7.89. The number of sulfonamides is 1. The SMILES string of the molecule is COc1ccc(C)cc1S(=O)(=O)NC(Cc1ccccc1)C(=O)Nc1ccc(OCc2ccccc2)cc1. The van der Waals surface area contributed by atoms with Crippen molar-refractivity contribution in [3.8, 4) is 11.5 Å². The number of carbonyl (C=O) groups excluding carboxylic acids is 1. The van der Waals surface area contributed by atoms with Gasteiger partial charge in [0.25, 0.3) is 0 Å². The highest BCUT2D eigenvalue weighted by atomic mass is 32.2. The Hall–Kier alpha value is -4.14. The molecule has 0 aliphatic rings. The van der Waals surface area contributed by atoms with E-state index < -0.39 is 22.0 Å². The average molecular weight is 531 g/mol. The van der Waals surface area contributed by atoms with Gasteiger partial charge in [-0.3, -0.25) is 4.79 Å². The summed E-state index contributed by atoms with van der Waals surface area (Å²) in [5.41, 5.74) is 3.14. The fourth-order valence-corrected chi connectivity index (χ4v) is 5.34. The Morgan fingerprint density at radius 3 is 2.11 bits per heavy atom. The topological polar surface area (TPSA) is 93.7 Å². The lowest BCUT2D eigenvalue weighted by Crippen LogP contribution is -2.45. The van der Waals surface area contributed by atoms with E-state index in [-0.39, 0.29) is 17.1 Å². The van der Waals surface area contributed by atoms with E-state index in [0.29, 0.717) is 18.0 Å². The summed E-state index contributed by atoms with van der Waals surface area (Å²) in [6.45, 7) is 2.22. The molecule has 1 unspecified atom stereocenters. The summed E-state index contributed by atoms with van der Waals surface area (Å²) < 4.78 is 40.4. The van der Waals surface area contributed by atoms with E-state index in [0.717, 1.165) is 16.7 Å². The maximum atomic E-state index is 13.4. The van der Waals surface area contributed by atoms with Crippen molar-refractivity contribution >= 4 is 21.6 Å². The van der Waals surface area contributed by atoms with Gasteiger partial charge in [0.2, 0.25) is 15.9 Å². The Morgan fingerprint density at radius 2 is 1.47 bits per heavy atom. The number of hydrogen-bond donors (Lipinski definition) is 2. The summed E-state index contributed by atoms with van der Waals surface area (Å²) in [5.74, 6) is 0.370. The molecule has 0 radical (unpaired) electrons. The molecule has 2 N–H and O–H groups in total. The first-order valence-corrected chi connectivity index (χ1v) is 13.6. The minimum Gasteiger partial charge on any atom is -0.495 e. The number of aryl methyl sites for hydroxylation is 1. The Balaban J connectivity index is 1.50. The van der Waals surface area contributed by atoms with Crippen LogP contribution < -0.4 is 19.5 Å². The molecule has 196 valence electrons. The summed E-state index contributed by atoms with van der Waals surface area (Å²) in [5, 5.41) is 2.82. The third-order valence-corrected chi connectivity index (χ3v) is 7.37. The highest BCUT2D eigenvalue weighted by Crippen LogP contribution is 2.25. The van der Waals surface area contributed by atoms with Crippen LogP contribution in [0.2, 0.25) is 0 Å². The van der Waals surface area contributed by atoms with Gasteiger partial charge in [0, 0.05) is 5.69 Å². The lowest BCUT2D eigenvalue weighted by molar-refractivity contribution is -0.117. The number of amides is 1. The van der Waals surface area contributed by atoms with Crippen LogP contribution in [-0.2, 0) is 27.8 Å². The van der Waals surface area contributed by atoms with Crippen molar-refractivity contribution in [2.24, 2.45) is 0 Å². The molecule has 38 heavy (non-hydrogen) atoms. The molecule has 0 aliphatic heterocycles. The molecular weight excluding hydrogens is 500 g/mol. The minimum absolute atomic E-state index is 0.0224. The summed E-state index contributed by atoms with van der Waals surface area (Å²) in [7, 11) is -2.67. The van der Waals surface area contributed by atoms with E-state index in [1.807, 2.05) is 60.7 Å². The van der Waals surface area contributed by atoms with E-state index in [1.165, 1.54) is 13.2 Å². The Bertz CT molecular complexity index is 1460. The zero-order valence-electron chi connectivity index (χ0n) is 21.3. The molecule has 0 saturated carbocycles. The van der Waals surface area contributed by atoms with Gasteiger partial charge in [-0.05, 0) is 66.4 Å². The number of nitrogens with one attached hydrogen (secondary N) is 2. The number of anilines is 1. The summed E-state index contributed by atoms with van der Waals surface area (Å²) >= 11 is 0. The first-order chi connectivity index (χ1) is 18.3. The van der Waals surface area contributed by atoms with E-state index in [9.17, 15) is 13.2 Å². The van der Waals surface area contributed by atoms with Crippen molar-refractivity contribution in [2.75, 3.05) is 12.4 Å². The van der Waals surface area contributed by atoms with Gasteiger partial charge in [0.05, 0.1) is 7.11 Å². The van der Waals surface area contributed by atoms with Gasteiger partial charge < -0.3 is 14.8 Å². The fourth-order valence-electron chi connectivity index (χ4n) is 3.89. The summed E-state index contributed by atoms with van der Waals surface area (Å²) in [6, 6.07) is 29.8. The molecule has 0 fully saturated rings. The first-order valence-electron chi connectivity index (χ1n) is 12.1. The maximum Gasteiger partial charge on any atom is 0.245 e. The molecule has 1 amide bonds. The lowest BCUT2D eigenvalue weighted by atomic mass is 10.1. The maximum absolute atomic E-state index is 13.4. The molecule has 0 saturated heterocycles. The van der Waals surface area contributed by atoms with Crippen molar-refractivity contribution in [2.45, 2.75) is 30.9 Å². The van der Waals surface area contributed by atoms with Gasteiger partial charge >= 0.3 is 0 Å². The normalized spacial score (nSPS) is 11.9. The van der Waals surface area contributed by atoms with Crippen molar-refractivity contribution in [3.63, 3.8) is 0 Å². The largest absolute Gasteiger partial charge is 0.495 e.